The summed E-state index contributed by atoms with van der Waals surface area (Å²) in [7, 11) is -1.74. The van der Waals surface area contributed by atoms with Crippen molar-refractivity contribution >= 4 is 8.32 Å². The zero-order valence-corrected chi connectivity index (χ0v) is 15.2. The Kier molecular flexibility index (Phi) is 10.8. The fourth-order valence-corrected chi connectivity index (χ4v) is 7.71. The van der Waals surface area contributed by atoms with Crippen LogP contribution < -0.4 is 16.8 Å². The Morgan fingerprint density at radius 1 is 0.950 bits per heavy atom. The van der Waals surface area contributed by atoms with Gasteiger partial charge in [0.15, 0.2) is 8.32 Å². The molecule has 5 heteroatoms. The molecule has 0 aliphatic rings. The molecule has 1 unspecified atom stereocenters. The predicted octanol–water partition coefficient (Wildman–Crippen LogP) is 2.44. The lowest BCUT2D eigenvalue weighted by molar-refractivity contribution is 0.188. The van der Waals surface area contributed by atoms with E-state index in [4.69, 9.17) is 15.9 Å². The van der Waals surface area contributed by atoms with E-state index >= 15 is 0 Å². The van der Waals surface area contributed by atoms with Crippen LogP contribution in [0, 0.1) is 0 Å². The summed E-state index contributed by atoms with van der Waals surface area (Å²) in [5.74, 6) is 0. The minimum Gasteiger partial charge on any atom is -0.414 e. The maximum atomic E-state index is 6.61. The van der Waals surface area contributed by atoms with Crippen molar-refractivity contribution in [3.63, 3.8) is 0 Å². The number of hydrogen-bond acceptors (Lipinski definition) is 4. The lowest BCUT2D eigenvalue weighted by atomic mass is 10.3. The van der Waals surface area contributed by atoms with E-state index in [0.29, 0.717) is 24.2 Å². The van der Waals surface area contributed by atoms with E-state index in [1.165, 1.54) is 12.5 Å². The van der Waals surface area contributed by atoms with Crippen molar-refractivity contribution in [1.82, 2.24) is 5.32 Å². The van der Waals surface area contributed by atoms with Gasteiger partial charge in [-0.1, -0.05) is 27.7 Å². The van der Waals surface area contributed by atoms with E-state index in [2.05, 4.69) is 39.9 Å². The smallest absolute Gasteiger partial charge is 0.198 e. The van der Waals surface area contributed by atoms with Crippen molar-refractivity contribution in [3.8, 4) is 0 Å². The molecule has 5 N–H and O–H groups in total. The molecule has 0 aromatic rings. The molecule has 122 valence electrons. The molecule has 0 spiro atoms. The third-order valence-corrected chi connectivity index (χ3v) is 10.1. The second-order valence-corrected chi connectivity index (χ2v) is 11.4. The molecule has 0 aromatic carbocycles. The molecule has 0 rings (SSSR count). The number of rotatable bonds is 12. The maximum Gasteiger partial charge on any atom is 0.198 e. The van der Waals surface area contributed by atoms with Crippen molar-refractivity contribution in [2.75, 3.05) is 26.2 Å². The average molecular weight is 304 g/mol. The van der Waals surface area contributed by atoms with E-state index in [-0.39, 0.29) is 6.10 Å². The topological polar surface area (TPSA) is 73.3 Å². The van der Waals surface area contributed by atoms with Crippen LogP contribution in [0.15, 0.2) is 0 Å². The van der Waals surface area contributed by atoms with Crippen LogP contribution in [0.2, 0.25) is 17.1 Å². The largest absolute Gasteiger partial charge is 0.414 e. The molecule has 0 saturated carbocycles. The third-order valence-electron chi connectivity index (χ3n) is 4.19. The summed E-state index contributed by atoms with van der Waals surface area (Å²) in [5.41, 5.74) is 12.4. The van der Waals surface area contributed by atoms with E-state index in [0.717, 1.165) is 19.5 Å². The lowest BCUT2D eigenvalue weighted by Crippen LogP contribution is -2.47. The number of hydrogen-bond donors (Lipinski definition) is 3. The van der Waals surface area contributed by atoms with Gasteiger partial charge in [0.1, 0.15) is 0 Å². The molecule has 0 heterocycles. The van der Waals surface area contributed by atoms with Crippen LogP contribution in [0.5, 0.6) is 0 Å². The standard InChI is InChI=1S/C15H37N3OSi/c1-13(2)20(14(3)4,19-15(5)7-8-16)12-6-10-18-11-9-17/h13-15,18H,6-12,16-17H2,1-5H3. The summed E-state index contributed by atoms with van der Waals surface area (Å²) >= 11 is 0. The van der Waals surface area contributed by atoms with Crippen LogP contribution in [0.25, 0.3) is 0 Å². The van der Waals surface area contributed by atoms with Gasteiger partial charge in [-0.25, -0.2) is 0 Å². The maximum absolute atomic E-state index is 6.61. The van der Waals surface area contributed by atoms with Gasteiger partial charge in [-0.15, -0.1) is 0 Å². The molecule has 0 bridgehead atoms. The van der Waals surface area contributed by atoms with E-state index in [9.17, 15) is 0 Å². The minimum atomic E-state index is -1.74. The first-order valence-corrected chi connectivity index (χ1v) is 10.5. The molecule has 4 nitrogen and oxygen atoms in total. The van der Waals surface area contributed by atoms with Crippen LogP contribution in [0.1, 0.15) is 47.5 Å². The highest BCUT2D eigenvalue weighted by molar-refractivity contribution is 6.76. The van der Waals surface area contributed by atoms with Gasteiger partial charge in [0.2, 0.25) is 0 Å². The molecular weight excluding hydrogens is 266 g/mol. The summed E-state index contributed by atoms with van der Waals surface area (Å²) in [6.07, 6.45) is 2.42. The predicted molar refractivity (Wildman–Crippen MR) is 91.5 cm³/mol. The molecule has 0 aliphatic carbocycles. The first-order chi connectivity index (χ1) is 9.40. The van der Waals surface area contributed by atoms with Crippen molar-refractivity contribution in [3.05, 3.63) is 0 Å². The Hall–Kier alpha value is 0.0569. The summed E-state index contributed by atoms with van der Waals surface area (Å²) in [4.78, 5) is 0. The molecule has 0 aromatic heterocycles. The zero-order chi connectivity index (χ0) is 15.6. The molecule has 0 saturated heterocycles. The summed E-state index contributed by atoms with van der Waals surface area (Å²) in [6, 6.07) is 1.22. The van der Waals surface area contributed by atoms with Gasteiger partial charge in [-0.05, 0) is 50.0 Å². The third kappa shape index (κ3) is 6.67. The number of nitrogens with two attached hydrogens (primary N) is 2. The normalized spacial score (nSPS) is 14.2. The summed E-state index contributed by atoms with van der Waals surface area (Å²) in [5, 5.41) is 3.39. The van der Waals surface area contributed by atoms with Crippen molar-refractivity contribution in [2.24, 2.45) is 11.5 Å². The number of nitrogens with one attached hydrogen (secondary N) is 1. The lowest BCUT2D eigenvalue weighted by Gasteiger charge is -2.41. The quantitative estimate of drug-likeness (QED) is 0.382. The van der Waals surface area contributed by atoms with Gasteiger partial charge in [0.05, 0.1) is 0 Å². The monoisotopic (exact) mass is 303 g/mol. The first-order valence-electron chi connectivity index (χ1n) is 8.19. The highest BCUT2D eigenvalue weighted by Gasteiger charge is 2.42. The van der Waals surface area contributed by atoms with Gasteiger partial charge >= 0.3 is 0 Å². The van der Waals surface area contributed by atoms with Crippen LogP contribution in [0.4, 0.5) is 0 Å². The highest BCUT2D eigenvalue weighted by atomic mass is 28.4. The Labute approximate surface area is 127 Å². The van der Waals surface area contributed by atoms with Crippen LogP contribution in [0.3, 0.4) is 0 Å². The van der Waals surface area contributed by atoms with Crippen molar-refractivity contribution in [1.29, 1.82) is 0 Å². The van der Waals surface area contributed by atoms with E-state index < -0.39 is 8.32 Å². The molecule has 20 heavy (non-hydrogen) atoms. The van der Waals surface area contributed by atoms with Gasteiger partial charge in [-0.3, -0.25) is 0 Å². The summed E-state index contributed by atoms with van der Waals surface area (Å²) in [6.45, 7) is 14.8. The van der Waals surface area contributed by atoms with Crippen LogP contribution in [-0.4, -0.2) is 40.6 Å². The summed E-state index contributed by atoms with van der Waals surface area (Å²) < 4.78 is 6.61. The van der Waals surface area contributed by atoms with Gasteiger partial charge in [-0.2, -0.15) is 0 Å². The fourth-order valence-electron chi connectivity index (χ4n) is 2.96. The second kappa shape index (κ2) is 10.7. The Bertz CT molecular complexity index is 229. The van der Waals surface area contributed by atoms with E-state index in [1.807, 2.05) is 0 Å². The van der Waals surface area contributed by atoms with Gasteiger partial charge < -0.3 is 21.2 Å². The second-order valence-electron chi connectivity index (χ2n) is 6.41. The fraction of sp³-hybridized carbons (Fsp3) is 1.00. The SMILES string of the molecule is CC(CCN)O[Si](CCCNCCN)(C(C)C)C(C)C. The Morgan fingerprint density at radius 2 is 1.55 bits per heavy atom. The zero-order valence-electron chi connectivity index (χ0n) is 14.2. The molecule has 0 amide bonds. The minimum absolute atomic E-state index is 0.286. The Morgan fingerprint density at radius 3 is 2.00 bits per heavy atom. The van der Waals surface area contributed by atoms with Crippen molar-refractivity contribution in [2.45, 2.75) is 70.7 Å². The molecule has 0 radical (unpaired) electrons. The van der Waals surface area contributed by atoms with Crippen molar-refractivity contribution < 1.29 is 4.43 Å². The van der Waals surface area contributed by atoms with Crippen LogP contribution >= 0.6 is 0 Å². The average Bonchev–Trinajstić information content (AvgIpc) is 2.36. The van der Waals surface area contributed by atoms with Gasteiger partial charge in [0, 0.05) is 19.2 Å². The van der Waals surface area contributed by atoms with Gasteiger partial charge in [0.25, 0.3) is 0 Å². The first kappa shape index (κ1) is 20.1. The molecular formula is C15H37N3OSi. The van der Waals surface area contributed by atoms with Crippen LogP contribution in [-0.2, 0) is 4.43 Å². The van der Waals surface area contributed by atoms with E-state index in [1.54, 1.807) is 0 Å². The highest BCUT2D eigenvalue weighted by Crippen LogP contribution is 2.38. The molecule has 1 atom stereocenters. The Balaban J connectivity index is 4.59. The molecule has 0 aliphatic heterocycles. The molecule has 0 fully saturated rings.